The van der Waals surface area contributed by atoms with Crippen LogP contribution in [0, 0.1) is 6.92 Å². The fourth-order valence-corrected chi connectivity index (χ4v) is 4.13. The Morgan fingerprint density at radius 2 is 1.81 bits per heavy atom. The molecule has 3 nitrogen and oxygen atoms in total. The van der Waals surface area contributed by atoms with Crippen LogP contribution in [-0.2, 0) is 20.6 Å². The summed E-state index contributed by atoms with van der Waals surface area (Å²) in [7, 11) is 0. The zero-order valence-electron chi connectivity index (χ0n) is 12.0. The minimum atomic E-state index is -0.193. The lowest BCUT2D eigenvalue weighted by Crippen LogP contribution is -2.17. The number of thiophene rings is 1. The van der Waals surface area contributed by atoms with Crippen molar-refractivity contribution in [1.29, 1.82) is 0 Å². The van der Waals surface area contributed by atoms with Crippen molar-refractivity contribution in [2.45, 2.75) is 25.7 Å². The second kappa shape index (κ2) is 5.54. The Kier molecular flexibility index (Phi) is 3.55. The fourth-order valence-electron chi connectivity index (χ4n) is 3.07. The van der Waals surface area contributed by atoms with E-state index in [9.17, 15) is 0 Å². The monoisotopic (exact) mass is 302 g/mol. The molecule has 0 amide bonds. The predicted octanol–water partition coefficient (Wildman–Crippen LogP) is 3.76. The van der Waals surface area contributed by atoms with Crippen LogP contribution in [-0.4, -0.2) is 19.8 Å². The summed E-state index contributed by atoms with van der Waals surface area (Å²) < 4.78 is 17.3. The van der Waals surface area contributed by atoms with E-state index < -0.39 is 0 Å². The lowest BCUT2D eigenvalue weighted by atomic mass is 9.93. The molecule has 3 heterocycles. The molecule has 0 radical (unpaired) electrons. The van der Waals surface area contributed by atoms with Gasteiger partial charge in [-0.1, -0.05) is 24.3 Å². The van der Waals surface area contributed by atoms with E-state index in [-0.39, 0.29) is 12.4 Å². The summed E-state index contributed by atoms with van der Waals surface area (Å²) in [5.41, 5.74) is 3.94. The van der Waals surface area contributed by atoms with Crippen LogP contribution in [0.15, 0.2) is 30.3 Å². The van der Waals surface area contributed by atoms with Gasteiger partial charge in [0.05, 0.1) is 24.7 Å². The van der Waals surface area contributed by atoms with Crippen LogP contribution in [0.4, 0.5) is 0 Å². The number of rotatable bonds is 2. The highest BCUT2D eigenvalue weighted by molar-refractivity contribution is 7.12. The molecule has 2 aliphatic rings. The third kappa shape index (κ3) is 2.42. The smallest absolute Gasteiger partial charge is 0.193 e. The van der Waals surface area contributed by atoms with Crippen LogP contribution < -0.4 is 0 Å². The first-order valence-corrected chi connectivity index (χ1v) is 8.17. The van der Waals surface area contributed by atoms with Crippen molar-refractivity contribution in [3.63, 3.8) is 0 Å². The fraction of sp³-hybridized carbons (Fsp3) is 0.412. The van der Waals surface area contributed by atoms with Gasteiger partial charge in [-0.3, -0.25) is 0 Å². The van der Waals surface area contributed by atoms with Crippen LogP contribution in [0.1, 0.15) is 38.8 Å². The van der Waals surface area contributed by atoms with Crippen LogP contribution in [0.5, 0.6) is 0 Å². The second-order valence-corrected chi connectivity index (χ2v) is 6.72. The Morgan fingerprint density at radius 3 is 2.67 bits per heavy atom. The van der Waals surface area contributed by atoms with Gasteiger partial charge in [-0.15, -0.1) is 11.3 Å². The number of hydrogen-bond donors (Lipinski definition) is 0. The van der Waals surface area contributed by atoms with Gasteiger partial charge in [0, 0.05) is 4.88 Å². The Hall–Kier alpha value is -1.20. The molecule has 0 bridgehead atoms. The van der Waals surface area contributed by atoms with Gasteiger partial charge >= 0.3 is 0 Å². The summed E-state index contributed by atoms with van der Waals surface area (Å²) in [6.07, 6.45) is 0.847. The highest BCUT2D eigenvalue weighted by Crippen LogP contribution is 2.40. The Labute approximate surface area is 128 Å². The number of ether oxygens (including phenoxy) is 3. The molecule has 1 fully saturated rings. The quantitative estimate of drug-likeness (QED) is 0.845. The number of benzene rings is 1. The summed E-state index contributed by atoms with van der Waals surface area (Å²) >= 11 is 1.75. The van der Waals surface area contributed by atoms with Gasteiger partial charge in [0.15, 0.2) is 6.29 Å². The molecule has 0 aliphatic carbocycles. The van der Waals surface area contributed by atoms with Crippen molar-refractivity contribution in [2.75, 3.05) is 19.8 Å². The van der Waals surface area contributed by atoms with E-state index in [1.807, 2.05) is 0 Å². The standard InChI is InChI=1S/C17H18O3S/c1-11-14(10-15(21-11)17-19-8-9-20-17)16-13-5-3-2-4-12(13)6-7-18-16/h2-5,10,16-17H,6-9H2,1H3/t16-/m1/s1. The van der Waals surface area contributed by atoms with Gasteiger partial charge in [0.2, 0.25) is 0 Å². The molecule has 0 unspecified atom stereocenters. The molecule has 4 heteroatoms. The van der Waals surface area contributed by atoms with Crippen LogP contribution in [0.3, 0.4) is 0 Å². The summed E-state index contributed by atoms with van der Waals surface area (Å²) in [4.78, 5) is 2.43. The van der Waals surface area contributed by atoms with Crippen molar-refractivity contribution in [3.05, 3.63) is 56.8 Å². The lowest BCUT2D eigenvalue weighted by molar-refractivity contribution is -0.0414. The lowest BCUT2D eigenvalue weighted by Gasteiger charge is -2.26. The average Bonchev–Trinajstić information content (AvgIpc) is 3.16. The molecule has 2 aromatic rings. The van der Waals surface area contributed by atoms with Gasteiger partial charge in [-0.05, 0) is 36.1 Å². The first kappa shape index (κ1) is 13.5. The first-order chi connectivity index (χ1) is 10.3. The minimum absolute atomic E-state index is 0.0429. The Balaban J connectivity index is 1.71. The normalized spacial score (nSPS) is 22.4. The number of fused-ring (bicyclic) bond motifs is 1. The molecule has 1 aromatic carbocycles. The molecule has 1 saturated heterocycles. The summed E-state index contributed by atoms with van der Waals surface area (Å²) in [5.74, 6) is 0. The highest BCUT2D eigenvalue weighted by atomic mass is 32.1. The molecule has 0 N–H and O–H groups in total. The average molecular weight is 302 g/mol. The second-order valence-electron chi connectivity index (χ2n) is 5.43. The third-order valence-corrected chi connectivity index (χ3v) is 5.19. The largest absolute Gasteiger partial charge is 0.368 e. The van der Waals surface area contributed by atoms with E-state index in [1.54, 1.807) is 11.3 Å². The summed E-state index contributed by atoms with van der Waals surface area (Å²) in [5, 5.41) is 0. The van der Waals surface area contributed by atoms with Gasteiger partial charge in [0.25, 0.3) is 0 Å². The van der Waals surface area contributed by atoms with E-state index in [4.69, 9.17) is 14.2 Å². The minimum Gasteiger partial charge on any atom is -0.368 e. The molecule has 0 spiro atoms. The first-order valence-electron chi connectivity index (χ1n) is 7.36. The molecule has 1 atom stereocenters. The van der Waals surface area contributed by atoms with E-state index in [2.05, 4.69) is 37.3 Å². The van der Waals surface area contributed by atoms with E-state index in [0.717, 1.165) is 17.9 Å². The summed E-state index contributed by atoms with van der Waals surface area (Å²) in [6, 6.07) is 10.8. The maximum atomic E-state index is 6.07. The van der Waals surface area contributed by atoms with Crippen molar-refractivity contribution in [2.24, 2.45) is 0 Å². The van der Waals surface area contributed by atoms with E-state index in [0.29, 0.717) is 13.2 Å². The van der Waals surface area contributed by atoms with Crippen molar-refractivity contribution >= 4 is 11.3 Å². The van der Waals surface area contributed by atoms with Crippen LogP contribution in [0.25, 0.3) is 0 Å². The zero-order chi connectivity index (χ0) is 14.2. The van der Waals surface area contributed by atoms with Crippen LogP contribution >= 0.6 is 11.3 Å². The maximum absolute atomic E-state index is 6.07. The van der Waals surface area contributed by atoms with E-state index in [1.165, 1.54) is 21.6 Å². The number of aryl methyl sites for hydroxylation is 1. The van der Waals surface area contributed by atoms with Gasteiger partial charge in [-0.2, -0.15) is 0 Å². The molecule has 21 heavy (non-hydrogen) atoms. The maximum Gasteiger partial charge on any atom is 0.193 e. The molecule has 1 aromatic heterocycles. The topological polar surface area (TPSA) is 27.7 Å². The van der Waals surface area contributed by atoms with Crippen molar-refractivity contribution in [3.8, 4) is 0 Å². The molecular formula is C17H18O3S. The van der Waals surface area contributed by atoms with Crippen molar-refractivity contribution in [1.82, 2.24) is 0 Å². The Bertz CT molecular complexity index is 643. The third-order valence-electron chi connectivity index (χ3n) is 4.11. The molecule has 2 aliphatic heterocycles. The van der Waals surface area contributed by atoms with Crippen molar-refractivity contribution < 1.29 is 14.2 Å². The van der Waals surface area contributed by atoms with Crippen LogP contribution in [0.2, 0.25) is 0 Å². The molecule has 4 rings (SSSR count). The predicted molar refractivity (Wildman–Crippen MR) is 81.6 cm³/mol. The summed E-state index contributed by atoms with van der Waals surface area (Å²) in [6.45, 7) is 4.29. The van der Waals surface area contributed by atoms with Gasteiger partial charge in [-0.25, -0.2) is 0 Å². The number of hydrogen-bond acceptors (Lipinski definition) is 4. The molecule has 110 valence electrons. The highest BCUT2D eigenvalue weighted by Gasteiger charge is 2.28. The van der Waals surface area contributed by atoms with Gasteiger partial charge in [0.1, 0.15) is 6.10 Å². The SMILES string of the molecule is Cc1sc(C2OCCO2)cc1[C@@H]1OCCc2ccccc21. The Morgan fingerprint density at radius 1 is 1.00 bits per heavy atom. The van der Waals surface area contributed by atoms with Gasteiger partial charge < -0.3 is 14.2 Å². The zero-order valence-corrected chi connectivity index (χ0v) is 12.8. The molecule has 0 saturated carbocycles. The molecular weight excluding hydrogens is 284 g/mol. The van der Waals surface area contributed by atoms with E-state index >= 15 is 0 Å².